The number of nitrogens with zero attached hydrogens (tertiary/aromatic N) is 3. The smallest absolute Gasteiger partial charge is 0.331 e. The van der Waals surface area contributed by atoms with E-state index in [9.17, 15) is 17.4 Å². The van der Waals surface area contributed by atoms with Crippen molar-refractivity contribution in [1.29, 1.82) is 0 Å². The minimum absolute atomic E-state index is 0.168. The Bertz CT molecular complexity index is 1470. The van der Waals surface area contributed by atoms with Crippen LogP contribution in [0.25, 0.3) is 27.9 Å². The van der Waals surface area contributed by atoms with E-state index in [1.165, 1.54) is 12.1 Å². The summed E-state index contributed by atoms with van der Waals surface area (Å²) >= 11 is 6.00. The van der Waals surface area contributed by atoms with Gasteiger partial charge < -0.3 is 4.98 Å². The zero-order valence-corrected chi connectivity index (χ0v) is 17.8. The molecule has 2 aromatic carbocycles. The molecule has 0 aliphatic carbocycles. The Hall–Kier alpha value is -3.17. The summed E-state index contributed by atoms with van der Waals surface area (Å²) in [5.41, 5.74) is 3.19. The van der Waals surface area contributed by atoms with Crippen LogP contribution in [0.5, 0.6) is 0 Å². The molecule has 3 aromatic heterocycles. The highest BCUT2D eigenvalue weighted by Crippen LogP contribution is 2.31. The molecule has 10 heteroatoms. The van der Waals surface area contributed by atoms with Crippen LogP contribution in [0.4, 0.5) is 13.2 Å². The lowest BCUT2D eigenvalue weighted by Gasteiger charge is -2.08. The molecule has 5 nitrogen and oxygen atoms in total. The third kappa shape index (κ3) is 3.78. The van der Waals surface area contributed by atoms with E-state index in [1.54, 1.807) is 41.1 Å². The molecule has 0 bridgehead atoms. The fourth-order valence-electron chi connectivity index (χ4n) is 3.50. The van der Waals surface area contributed by atoms with Gasteiger partial charge in [0.05, 0.1) is 45.0 Å². The maximum Gasteiger partial charge on any atom is 0.416 e. The summed E-state index contributed by atoms with van der Waals surface area (Å²) in [7, 11) is -1.47. The minimum atomic E-state index is -4.39. The van der Waals surface area contributed by atoms with E-state index in [4.69, 9.17) is 11.6 Å². The molecule has 0 saturated heterocycles. The molecule has 0 aliphatic rings. The predicted octanol–water partition coefficient (Wildman–Crippen LogP) is 5.86. The minimum Gasteiger partial charge on any atom is -0.331 e. The third-order valence-electron chi connectivity index (χ3n) is 5.05. The number of aromatic amines is 1. The van der Waals surface area contributed by atoms with E-state index < -0.39 is 22.5 Å². The average Bonchev–Trinajstić information content (AvgIpc) is 3.38. The van der Waals surface area contributed by atoms with Crippen LogP contribution in [0.2, 0.25) is 5.02 Å². The summed E-state index contributed by atoms with van der Waals surface area (Å²) in [4.78, 5) is 11.8. The highest BCUT2D eigenvalue weighted by molar-refractivity contribution is 7.84. The molecule has 0 fully saturated rings. The number of halogens is 4. The second kappa shape index (κ2) is 7.75. The van der Waals surface area contributed by atoms with Crippen molar-refractivity contribution >= 4 is 39.1 Å². The fraction of sp³-hybridized carbons (Fsp3) is 0.0909. The van der Waals surface area contributed by atoms with Gasteiger partial charge in [-0.05, 0) is 36.4 Å². The van der Waals surface area contributed by atoms with Crippen LogP contribution in [0.3, 0.4) is 0 Å². The van der Waals surface area contributed by atoms with E-state index in [-0.39, 0.29) is 5.75 Å². The van der Waals surface area contributed by atoms with Crippen molar-refractivity contribution in [3.63, 3.8) is 0 Å². The Morgan fingerprint density at radius 3 is 2.62 bits per heavy atom. The van der Waals surface area contributed by atoms with Crippen molar-refractivity contribution < 1.29 is 17.4 Å². The molecular formula is C22H14ClF3N4OS. The lowest BCUT2D eigenvalue weighted by molar-refractivity contribution is -0.137. The van der Waals surface area contributed by atoms with Crippen LogP contribution < -0.4 is 0 Å². The standard InChI is InChI=1S/C22H14ClF3N4OS/c23-16-7-8-17-18(10-16)29-21(28-17)32(31)12-14-2-1-9-30-19(11-27-20(14)30)13-3-5-15(6-4-13)22(24,25)26/h1-11H,12H2,(H,28,29). The molecule has 5 rings (SSSR count). The van der Waals surface area contributed by atoms with Crippen molar-refractivity contribution in [1.82, 2.24) is 19.4 Å². The molecule has 0 saturated carbocycles. The predicted molar refractivity (Wildman–Crippen MR) is 117 cm³/mol. The Labute approximate surface area is 187 Å². The van der Waals surface area contributed by atoms with Crippen LogP contribution in [0.1, 0.15) is 11.1 Å². The van der Waals surface area contributed by atoms with Gasteiger partial charge in [-0.15, -0.1) is 0 Å². The fourth-order valence-corrected chi connectivity index (χ4v) is 4.74. The van der Waals surface area contributed by atoms with E-state index in [1.807, 2.05) is 6.07 Å². The van der Waals surface area contributed by atoms with E-state index in [0.717, 1.165) is 17.7 Å². The summed E-state index contributed by atoms with van der Waals surface area (Å²) in [5.74, 6) is 0.168. The van der Waals surface area contributed by atoms with Crippen molar-refractivity contribution in [2.45, 2.75) is 17.1 Å². The molecule has 1 atom stereocenters. The normalized spacial score (nSPS) is 13.1. The molecule has 0 radical (unpaired) electrons. The van der Waals surface area contributed by atoms with Gasteiger partial charge >= 0.3 is 6.18 Å². The summed E-state index contributed by atoms with van der Waals surface area (Å²) in [6, 6.07) is 13.7. The van der Waals surface area contributed by atoms with Gasteiger partial charge in [-0.1, -0.05) is 29.8 Å². The maximum atomic E-state index is 13.0. The molecule has 162 valence electrons. The molecule has 32 heavy (non-hydrogen) atoms. The number of hydrogen-bond donors (Lipinski definition) is 1. The Morgan fingerprint density at radius 2 is 1.88 bits per heavy atom. The number of hydrogen-bond acceptors (Lipinski definition) is 3. The van der Waals surface area contributed by atoms with E-state index in [2.05, 4.69) is 15.0 Å². The quantitative estimate of drug-likeness (QED) is 0.355. The number of fused-ring (bicyclic) bond motifs is 2. The lowest BCUT2D eigenvalue weighted by Crippen LogP contribution is -2.04. The van der Waals surface area contributed by atoms with Crippen molar-refractivity contribution in [2.24, 2.45) is 0 Å². The topological polar surface area (TPSA) is 63.1 Å². The third-order valence-corrected chi connectivity index (χ3v) is 6.48. The van der Waals surface area contributed by atoms with Gasteiger partial charge in [-0.3, -0.25) is 8.61 Å². The number of pyridine rings is 1. The molecular weight excluding hydrogens is 461 g/mol. The first-order valence-corrected chi connectivity index (χ1v) is 11.2. The second-order valence-corrected chi connectivity index (χ2v) is 8.94. The molecule has 0 aliphatic heterocycles. The molecule has 5 aromatic rings. The highest BCUT2D eigenvalue weighted by atomic mass is 35.5. The molecule has 1 N–H and O–H groups in total. The highest BCUT2D eigenvalue weighted by Gasteiger charge is 2.30. The average molecular weight is 475 g/mol. The van der Waals surface area contributed by atoms with Gasteiger partial charge in [-0.2, -0.15) is 13.2 Å². The number of aromatic nitrogens is 4. The van der Waals surface area contributed by atoms with Crippen LogP contribution in [-0.4, -0.2) is 23.6 Å². The largest absolute Gasteiger partial charge is 0.416 e. The number of imidazole rings is 2. The van der Waals surface area contributed by atoms with E-state index >= 15 is 0 Å². The number of nitrogens with one attached hydrogen (secondary N) is 1. The number of H-pyrrole nitrogens is 1. The molecule has 0 amide bonds. The maximum absolute atomic E-state index is 13.0. The number of rotatable bonds is 4. The lowest BCUT2D eigenvalue weighted by atomic mass is 10.1. The first kappa shape index (κ1) is 20.7. The Balaban J connectivity index is 1.46. The van der Waals surface area contributed by atoms with Crippen LogP contribution in [0.15, 0.2) is 72.1 Å². The first-order chi connectivity index (χ1) is 15.3. The van der Waals surface area contributed by atoms with Crippen LogP contribution in [0, 0.1) is 0 Å². The van der Waals surface area contributed by atoms with Gasteiger partial charge in [0.15, 0.2) is 5.16 Å². The van der Waals surface area contributed by atoms with Crippen molar-refractivity contribution in [2.75, 3.05) is 0 Å². The Kier molecular flexibility index (Phi) is 5.02. The van der Waals surface area contributed by atoms with Gasteiger partial charge in [0.1, 0.15) is 5.65 Å². The summed E-state index contributed by atoms with van der Waals surface area (Å²) in [6.45, 7) is 0. The first-order valence-electron chi connectivity index (χ1n) is 9.46. The van der Waals surface area contributed by atoms with Gasteiger partial charge in [0, 0.05) is 22.3 Å². The van der Waals surface area contributed by atoms with Gasteiger partial charge in [-0.25, -0.2) is 9.97 Å². The van der Waals surface area contributed by atoms with Gasteiger partial charge in [0.25, 0.3) is 0 Å². The zero-order valence-electron chi connectivity index (χ0n) is 16.2. The molecule has 3 heterocycles. The summed E-state index contributed by atoms with van der Waals surface area (Å²) < 4.78 is 53.3. The van der Waals surface area contributed by atoms with Crippen molar-refractivity contribution in [3.8, 4) is 11.3 Å². The molecule has 1 unspecified atom stereocenters. The monoisotopic (exact) mass is 474 g/mol. The SMILES string of the molecule is O=S(Cc1cccn2c(-c3ccc(C(F)(F)F)cc3)cnc12)c1nc2ccc(Cl)cc2[nH]1. The Morgan fingerprint density at radius 1 is 1.09 bits per heavy atom. The summed E-state index contributed by atoms with van der Waals surface area (Å²) in [6.07, 6.45) is -1.03. The number of benzene rings is 2. The van der Waals surface area contributed by atoms with Gasteiger partial charge in [0.2, 0.25) is 0 Å². The zero-order chi connectivity index (χ0) is 22.5. The number of alkyl halides is 3. The van der Waals surface area contributed by atoms with E-state index in [0.29, 0.717) is 38.1 Å². The summed E-state index contributed by atoms with van der Waals surface area (Å²) in [5, 5.41) is 0.884. The van der Waals surface area contributed by atoms with Crippen LogP contribution in [-0.2, 0) is 22.7 Å². The van der Waals surface area contributed by atoms with Crippen LogP contribution >= 0.6 is 11.6 Å². The van der Waals surface area contributed by atoms with Crippen molar-refractivity contribution in [3.05, 3.63) is 83.1 Å². The second-order valence-electron chi connectivity index (χ2n) is 7.14. The molecule has 0 spiro atoms.